The third-order valence-electron chi connectivity index (χ3n) is 21.7. The minimum absolute atomic E-state index is 0.544. The molecule has 0 saturated carbocycles. The van der Waals surface area contributed by atoms with Crippen LogP contribution in [-0.2, 0) is 0 Å². The van der Waals surface area contributed by atoms with E-state index in [4.69, 9.17) is 47.6 Å². The standard InChI is InChI=1S/C102H60N6O4/c1-5-18-61(19-6-1)63-34-40-69(41-35-63)99-103-97(67-22-9-3-10-23-67)105-101(107-99)75-46-50-82-80-48-44-73(56-89(80)110-91(82)58-75)78-52-53-79(96-95(78)85-29-14-16-31-88(85)112-96)66-38-32-64(33-39-66)71-26-17-27-72(54-71)65-36-42-70(43-37-65)100-104-98(68-24-11-4-12-25-68)106-102(108-100)76-47-51-83-81-49-45-74(57-90(81)111-92(83)59-76)86-55-77(62-20-7-2-8-21-62)60-93-94(86)84-28-13-15-30-87(84)109-93/h1-60H. The first kappa shape index (κ1) is 64.0. The molecule has 22 rings (SSSR count). The average Bonchev–Trinajstić information content (AvgIpc) is 1.59. The quantitative estimate of drug-likeness (QED) is 0.110. The number of hydrogen-bond acceptors (Lipinski definition) is 10. The summed E-state index contributed by atoms with van der Waals surface area (Å²) in [7, 11) is 0. The van der Waals surface area contributed by atoms with E-state index in [0.29, 0.717) is 34.9 Å². The number of furan rings is 4. The molecule has 16 aromatic carbocycles. The van der Waals surface area contributed by atoms with Crippen molar-refractivity contribution in [3.8, 4) is 146 Å². The highest BCUT2D eigenvalue weighted by Crippen LogP contribution is 2.47. The van der Waals surface area contributed by atoms with Crippen LogP contribution in [-0.4, -0.2) is 29.9 Å². The van der Waals surface area contributed by atoms with Crippen LogP contribution in [0.1, 0.15) is 0 Å². The average molecular weight is 1430 g/mol. The highest BCUT2D eigenvalue weighted by atomic mass is 16.3. The van der Waals surface area contributed by atoms with E-state index >= 15 is 0 Å². The van der Waals surface area contributed by atoms with E-state index in [1.165, 1.54) is 0 Å². The Morgan fingerprint density at radius 2 is 0.446 bits per heavy atom. The van der Waals surface area contributed by atoms with Gasteiger partial charge in [0.1, 0.15) is 44.7 Å². The van der Waals surface area contributed by atoms with Crippen LogP contribution in [0.2, 0.25) is 0 Å². The van der Waals surface area contributed by atoms with E-state index in [2.05, 4.69) is 255 Å². The zero-order valence-electron chi connectivity index (χ0n) is 60.0. The van der Waals surface area contributed by atoms with Crippen LogP contribution in [0, 0.1) is 0 Å². The van der Waals surface area contributed by atoms with E-state index in [1.54, 1.807) is 0 Å². The van der Waals surface area contributed by atoms with Gasteiger partial charge in [-0.2, -0.15) is 0 Å². The summed E-state index contributed by atoms with van der Waals surface area (Å²) in [5.41, 5.74) is 26.6. The molecule has 22 aromatic rings. The van der Waals surface area contributed by atoms with Gasteiger partial charge in [0.25, 0.3) is 0 Å². The maximum atomic E-state index is 6.86. The van der Waals surface area contributed by atoms with Crippen LogP contribution in [0.15, 0.2) is 382 Å². The molecule has 0 unspecified atom stereocenters. The smallest absolute Gasteiger partial charge is 0.164 e. The molecule has 112 heavy (non-hydrogen) atoms. The fraction of sp³-hybridized carbons (Fsp3) is 0. The van der Waals surface area contributed by atoms with E-state index in [9.17, 15) is 0 Å². The van der Waals surface area contributed by atoms with Gasteiger partial charge < -0.3 is 17.7 Å². The van der Waals surface area contributed by atoms with Crippen molar-refractivity contribution in [2.75, 3.05) is 0 Å². The van der Waals surface area contributed by atoms with Gasteiger partial charge in [-0.15, -0.1) is 0 Å². The number of nitrogens with zero attached hydrogens (tertiary/aromatic N) is 6. The Kier molecular flexibility index (Phi) is 15.0. The normalized spacial score (nSPS) is 11.8. The molecule has 0 radical (unpaired) electrons. The Morgan fingerprint density at radius 3 is 0.929 bits per heavy atom. The summed E-state index contributed by atoms with van der Waals surface area (Å²) in [5, 5.41) is 8.27. The van der Waals surface area contributed by atoms with Crippen LogP contribution in [0.25, 0.3) is 234 Å². The number of rotatable bonds is 13. The number of hydrogen-bond donors (Lipinski definition) is 0. The van der Waals surface area contributed by atoms with E-state index in [1.807, 2.05) is 109 Å². The zero-order valence-corrected chi connectivity index (χ0v) is 60.0. The van der Waals surface area contributed by atoms with Crippen LogP contribution in [0.4, 0.5) is 0 Å². The minimum atomic E-state index is 0.544. The Hall–Kier alpha value is -15.3. The van der Waals surface area contributed by atoms with Crippen LogP contribution < -0.4 is 0 Å². The Morgan fingerprint density at radius 1 is 0.143 bits per heavy atom. The van der Waals surface area contributed by atoms with Gasteiger partial charge in [0.15, 0.2) is 34.9 Å². The molecule has 6 heterocycles. The summed E-state index contributed by atoms with van der Waals surface area (Å²) in [6.45, 7) is 0. The minimum Gasteiger partial charge on any atom is -0.456 e. The van der Waals surface area contributed by atoms with Crippen LogP contribution >= 0.6 is 0 Å². The second-order valence-electron chi connectivity index (χ2n) is 28.4. The van der Waals surface area contributed by atoms with Gasteiger partial charge in [0.05, 0.1) is 0 Å². The van der Waals surface area contributed by atoms with Gasteiger partial charge in [-0.25, -0.2) is 29.9 Å². The number of fused-ring (bicyclic) bond motifs is 12. The lowest BCUT2D eigenvalue weighted by molar-refractivity contribution is 0.668. The molecule has 0 aliphatic heterocycles. The summed E-state index contributed by atoms with van der Waals surface area (Å²) in [6.07, 6.45) is 0. The molecule has 522 valence electrons. The van der Waals surface area contributed by atoms with Crippen molar-refractivity contribution >= 4 is 87.8 Å². The molecule has 0 atom stereocenters. The van der Waals surface area contributed by atoms with Crippen molar-refractivity contribution in [3.05, 3.63) is 364 Å². The topological polar surface area (TPSA) is 130 Å². The highest BCUT2D eigenvalue weighted by Gasteiger charge is 2.23. The molecule has 6 aromatic heterocycles. The molecule has 0 aliphatic rings. The molecule has 0 bridgehead atoms. The van der Waals surface area contributed by atoms with Gasteiger partial charge in [-0.3, -0.25) is 0 Å². The van der Waals surface area contributed by atoms with Crippen molar-refractivity contribution < 1.29 is 17.7 Å². The van der Waals surface area contributed by atoms with E-state index in [-0.39, 0.29) is 0 Å². The highest BCUT2D eigenvalue weighted by molar-refractivity contribution is 6.18. The summed E-state index contributed by atoms with van der Waals surface area (Å²) in [5.74, 6) is 3.44. The van der Waals surface area contributed by atoms with Gasteiger partial charge in [-0.05, 0) is 157 Å². The van der Waals surface area contributed by atoms with Crippen molar-refractivity contribution in [2.45, 2.75) is 0 Å². The Balaban J connectivity index is 0.543. The molecular formula is C102H60N6O4. The molecule has 0 fully saturated rings. The molecular weight excluding hydrogens is 1370 g/mol. The largest absolute Gasteiger partial charge is 0.456 e. The number of para-hydroxylation sites is 2. The SMILES string of the molecule is c1ccc(-c2ccc(-c3nc(-c4ccccc4)nc(-c4ccc5c(c4)oc4cc(-c6ccc(-c7ccc(-c8cccc(-c9ccc(-c%10nc(-c%11ccccc%11)nc(-c%11ccc%12c(c%11)oc%11cc(-c%13cc(-c%14ccccc%14)cc%14oc%15ccccc%15c%13%14)ccc%11%12)n%10)cc9)c8)cc7)c7oc8ccccc8c67)ccc45)n3)cc2)cc1. The van der Waals surface area contributed by atoms with Crippen molar-refractivity contribution in [1.82, 2.24) is 29.9 Å². The summed E-state index contributed by atoms with van der Waals surface area (Å²) in [4.78, 5) is 30.6. The molecule has 0 N–H and O–H groups in total. The number of benzene rings is 16. The summed E-state index contributed by atoms with van der Waals surface area (Å²) in [6, 6.07) is 126. The van der Waals surface area contributed by atoms with Gasteiger partial charge in [0, 0.05) is 82.0 Å². The predicted octanol–water partition coefficient (Wildman–Crippen LogP) is 27.3. The number of aromatic nitrogens is 6. The van der Waals surface area contributed by atoms with Crippen molar-refractivity contribution in [3.63, 3.8) is 0 Å². The third-order valence-corrected chi connectivity index (χ3v) is 21.7. The summed E-state index contributed by atoms with van der Waals surface area (Å²) >= 11 is 0. The van der Waals surface area contributed by atoms with Crippen molar-refractivity contribution in [1.29, 1.82) is 0 Å². The molecule has 0 aliphatic carbocycles. The van der Waals surface area contributed by atoms with Crippen LogP contribution in [0.3, 0.4) is 0 Å². The van der Waals surface area contributed by atoms with E-state index < -0.39 is 0 Å². The molecule has 0 amide bonds. The predicted molar refractivity (Wildman–Crippen MR) is 453 cm³/mol. The van der Waals surface area contributed by atoms with Gasteiger partial charge in [0.2, 0.25) is 0 Å². The van der Waals surface area contributed by atoms with Crippen LogP contribution in [0.5, 0.6) is 0 Å². The lowest BCUT2D eigenvalue weighted by Crippen LogP contribution is -2.00. The first-order chi connectivity index (χ1) is 55.4. The van der Waals surface area contributed by atoms with Gasteiger partial charge in [-0.1, -0.05) is 279 Å². The van der Waals surface area contributed by atoms with Gasteiger partial charge >= 0.3 is 0 Å². The second-order valence-corrected chi connectivity index (χ2v) is 28.4. The van der Waals surface area contributed by atoms with E-state index in [0.717, 1.165) is 199 Å². The Bertz CT molecular complexity index is 7460. The maximum absolute atomic E-state index is 6.86. The fourth-order valence-corrected chi connectivity index (χ4v) is 16.0. The fourth-order valence-electron chi connectivity index (χ4n) is 16.0. The monoisotopic (exact) mass is 1430 g/mol. The molecule has 0 spiro atoms. The third kappa shape index (κ3) is 11.3. The first-order valence-corrected chi connectivity index (χ1v) is 37.4. The maximum Gasteiger partial charge on any atom is 0.164 e. The molecule has 0 saturated heterocycles. The lowest BCUT2D eigenvalue weighted by Gasteiger charge is -2.11. The lowest BCUT2D eigenvalue weighted by atomic mass is 9.93. The zero-order chi connectivity index (χ0) is 73.7. The first-order valence-electron chi connectivity index (χ1n) is 37.4. The second kappa shape index (κ2) is 26.3. The Labute approximate surface area is 641 Å². The molecule has 10 heteroatoms. The summed E-state index contributed by atoms with van der Waals surface area (Å²) < 4.78 is 27.0. The van der Waals surface area contributed by atoms with Crippen molar-refractivity contribution in [2.24, 2.45) is 0 Å². The molecule has 10 nitrogen and oxygen atoms in total.